The van der Waals surface area contributed by atoms with Crippen molar-refractivity contribution in [2.45, 2.75) is 44.6 Å². The minimum absolute atomic E-state index is 0.268. The van der Waals surface area contributed by atoms with Gasteiger partial charge in [0, 0.05) is 6.04 Å². The highest BCUT2D eigenvalue weighted by molar-refractivity contribution is 5.87. The summed E-state index contributed by atoms with van der Waals surface area (Å²) in [5.74, 6) is 1.77. The molecule has 2 aromatic rings. The van der Waals surface area contributed by atoms with Gasteiger partial charge in [-0.2, -0.15) is 0 Å². The van der Waals surface area contributed by atoms with Crippen LogP contribution in [0.15, 0.2) is 36.4 Å². The van der Waals surface area contributed by atoms with Crippen molar-refractivity contribution in [1.29, 1.82) is 0 Å². The van der Waals surface area contributed by atoms with Gasteiger partial charge in [0.15, 0.2) is 0 Å². The van der Waals surface area contributed by atoms with Gasteiger partial charge >= 0.3 is 0 Å². The normalized spacial score (nSPS) is 17.2. The summed E-state index contributed by atoms with van der Waals surface area (Å²) >= 11 is 0. The monoisotopic (exact) mass is 283 g/mol. The Morgan fingerprint density at radius 2 is 2.00 bits per heavy atom. The topological polar surface area (TPSA) is 35.2 Å². The molecule has 1 aliphatic carbocycles. The third kappa shape index (κ3) is 3.38. The first-order valence-corrected chi connectivity index (χ1v) is 8.07. The maximum atomic E-state index is 6.42. The largest absolute Gasteiger partial charge is 0.497 e. The summed E-state index contributed by atoms with van der Waals surface area (Å²) in [6, 6.07) is 13.0. The molecular formula is C19H25NO. The molecule has 1 fully saturated rings. The SMILES string of the molecule is COc1ccc2cccc(CC(N)CC3CCCC3)c2c1. The number of methoxy groups -OCH3 is 1. The lowest BCUT2D eigenvalue weighted by atomic mass is 9.92. The number of nitrogens with two attached hydrogens (primary N) is 1. The zero-order chi connectivity index (χ0) is 14.7. The summed E-state index contributed by atoms with van der Waals surface area (Å²) in [6.07, 6.45) is 7.65. The van der Waals surface area contributed by atoms with E-state index in [2.05, 4.69) is 30.3 Å². The number of rotatable bonds is 5. The maximum Gasteiger partial charge on any atom is 0.119 e. The van der Waals surface area contributed by atoms with Gasteiger partial charge in [0.1, 0.15) is 5.75 Å². The number of fused-ring (bicyclic) bond motifs is 1. The van der Waals surface area contributed by atoms with Gasteiger partial charge in [-0.25, -0.2) is 0 Å². The molecule has 1 atom stereocenters. The van der Waals surface area contributed by atoms with E-state index in [1.165, 1.54) is 48.4 Å². The molecular weight excluding hydrogens is 258 g/mol. The second-order valence-electron chi connectivity index (χ2n) is 6.35. The predicted molar refractivity (Wildman–Crippen MR) is 88.8 cm³/mol. The van der Waals surface area contributed by atoms with Crippen LogP contribution in [0.5, 0.6) is 5.75 Å². The smallest absolute Gasteiger partial charge is 0.119 e. The summed E-state index contributed by atoms with van der Waals surface area (Å²) in [5.41, 5.74) is 7.76. The molecule has 0 radical (unpaired) electrons. The van der Waals surface area contributed by atoms with Crippen molar-refractivity contribution in [3.63, 3.8) is 0 Å². The summed E-state index contributed by atoms with van der Waals surface area (Å²) in [6.45, 7) is 0. The van der Waals surface area contributed by atoms with Gasteiger partial charge in [-0.05, 0) is 47.2 Å². The fourth-order valence-electron chi connectivity index (χ4n) is 3.66. The molecule has 1 saturated carbocycles. The fourth-order valence-corrected chi connectivity index (χ4v) is 3.66. The first-order valence-electron chi connectivity index (χ1n) is 8.07. The van der Waals surface area contributed by atoms with Crippen LogP contribution in [0, 0.1) is 5.92 Å². The van der Waals surface area contributed by atoms with Crippen molar-refractivity contribution >= 4 is 10.8 Å². The van der Waals surface area contributed by atoms with Gasteiger partial charge in [0.05, 0.1) is 7.11 Å². The molecule has 2 aromatic carbocycles. The molecule has 3 rings (SSSR count). The molecule has 21 heavy (non-hydrogen) atoms. The highest BCUT2D eigenvalue weighted by atomic mass is 16.5. The molecule has 1 unspecified atom stereocenters. The lowest BCUT2D eigenvalue weighted by Crippen LogP contribution is -2.25. The van der Waals surface area contributed by atoms with Crippen LogP contribution in [0.4, 0.5) is 0 Å². The van der Waals surface area contributed by atoms with Crippen LogP contribution in [0.25, 0.3) is 10.8 Å². The minimum atomic E-state index is 0.268. The van der Waals surface area contributed by atoms with Crippen LogP contribution < -0.4 is 10.5 Å². The van der Waals surface area contributed by atoms with Crippen LogP contribution in [0.1, 0.15) is 37.7 Å². The van der Waals surface area contributed by atoms with Gasteiger partial charge in [-0.3, -0.25) is 0 Å². The number of benzene rings is 2. The van der Waals surface area contributed by atoms with E-state index in [-0.39, 0.29) is 6.04 Å². The summed E-state index contributed by atoms with van der Waals surface area (Å²) in [7, 11) is 1.72. The second kappa shape index (κ2) is 6.48. The highest BCUT2D eigenvalue weighted by Crippen LogP contribution is 2.30. The van der Waals surface area contributed by atoms with E-state index in [0.29, 0.717) is 0 Å². The first-order chi connectivity index (χ1) is 10.3. The third-order valence-electron chi connectivity index (χ3n) is 4.77. The molecule has 1 aliphatic rings. The third-order valence-corrected chi connectivity index (χ3v) is 4.77. The van der Waals surface area contributed by atoms with E-state index < -0.39 is 0 Å². The summed E-state index contributed by atoms with van der Waals surface area (Å²) in [5, 5.41) is 2.54. The molecule has 0 aromatic heterocycles. The average molecular weight is 283 g/mol. The minimum Gasteiger partial charge on any atom is -0.497 e. The van der Waals surface area contributed by atoms with Crippen LogP contribution in [-0.2, 0) is 6.42 Å². The van der Waals surface area contributed by atoms with Crippen molar-refractivity contribution in [1.82, 2.24) is 0 Å². The first kappa shape index (κ1) is 14.4. The van der Waals surface area contributed by atoms with Crippen molar-refractivity contribution in [3.8, 4) is 5.75 Å². The van der Waals surface area contributed by atoms with Crippen molar-refractivity contribution < 1.29 is 4.74 Å². The summed E-state index contributed by atoms with van der Waals surface area (Å²) < 4.78 is 5.36. The Morgan fingerprint density at radius 3 is 2.76 bits per heavy atom. The van der Waals surface area contributed by atoms with E-state index in [9.17, 15) is 0 Å². The molecule has 0 amide bonds. The molecule has 0 heterocycles. The fraction of sp³-hybridized carbons (Fsp3) is 0.474. The Kier molecular flexibility index (Phi) is 4.45. The van der Waals surface area contributed by atoms with E-state index in [1.807, 2.05) is 6.07 Å². The molecule has 0 spiro atoms. The van der Waals surface area contributed by atoms with E-state index in [4.69, 9.17) is 10.5 Å². The van der Waals surface area contributed by atoms with Gasteiger partial charge in [0.2, 0.25) is 0 Å². The van der Waals surface area contributed by atoms with E-state index >= 15 is 0 Å². The van der Waals surface area contributed by atoms with Crippen LogP contribution >= 0.6 is 0 Å². The van der Waals surface area contributed by atoms with Gasteiger partial charge in [-0.15, -0.1) is 0 Å². The molecule has 2 nitrogen and oxygen atoms in total. The Bertz CT molecular complexity index is 602. The molecule has 112 valence electrons. The van der Waals surface area contributed by atoms with Gasteiger partial charge in [0.25, 0.3) is 0 Å². The number of ether oxygens (including phenoxy) is 1. The molecule has 0 bridgehead atoms. The Balaban J connectivity index is 1.78. The maximum absolute atomic E-state index is 6.42. The van der Waals surface area contributed by atoms with Crippen LogP contribution in [0.2, 0.25) is 0 Å². The highest BCUT2D eigenvalue weighted by Gasteiger charge is 2.18. The molecule has 2 heteroatoms. The zero-order valence-corrected chi connectivity index (χ0v) is 12.8. The van der Waals surface area contributed by atoms with Crippen molar-refractivity contribution in [2.24, 2.45) is 11.7 Å². The second-order valence-corrected chi connectivity index (χ2v) is 6.35. The lowest BCUT2D eigenvalue weighted by molar-refractivity contribution is 0.415. The molecule has 0 aliphatic heterocycles. The van der Waals surface area contributed by atoms with E-state index in [0.717, 1.165) is 18.1 Å². The van der Waals surface area contributed by atoms with Gasteiger partial charge < -0.3 is 10.5 Å². The lowest BCUT2D eigenvalue weighted by Gasteiger charge is -2.17. The van der Waals surface area contributed by atoms with Crippen molar-refractivity contribution in [2.75, 3.05) is 7.11 Å². The zero-order valence-electron chi connectivity index (χ0n) is 12.8. The number of hydrogen-bond acceptors (Lipinski definition) is 2. The molecule has 2 N–H and O–H groups in total. The Labute approximate surface area is 127 Å². The standard InChI is InChI=1S/C19H25NO/c1-21-18-10-9-15-7-4-8-16(19(15)13-18)12-17(20)11-14-5-2-3-6-14/h4,7-10,13-14,17H,2-3,5-6,11-12,20H2,1H3. The van der Waals surface area contributed by atoms with Crippen molar-refractivity contribution in [3.05, 3.63) is 42.0 Å². The van der Waals surface area contributed by atoms with Crippen LogP contribution in [-0.4, -0.2) is 13.2 Å². The quantitative estimate of drug-likeness (QED) is 0.888. The Morgan fingerprint density at radius 1 is 1.19 bits per heavy atom. The van der Waals surface area contributed by atoms with E-state index in [1.54, 1.807) is 7.11 Å². The van der Waals surface area contributed by atoms with Crippen LogP contribution in [0.3, 0.4) is 0 Å². The summed E-state index contributed by atoms with van der Waals surface area (Å²) in [4.78, 5) is 0. The Hall–Kier alpha value is -1.54. The average Bonchev–Trinajstić information content (AvgIpc) is 3.00. The molecule has 0 saturated heterocycles. The predicted octanol–water partition coefficient (Wildman–Crippen LogP) is 4.30. The number of hydrogen-bond donors (Lipinski definition) is 1. The van der Waals surface area contributed by atoms with Gasteiger partial charge in [-0.1, -0.05) is 49.9 Å².